The van der Waals surface area contributed by atoms with E-state index in [4.69, 9.17) is 0 Å². The molecule has 1 unspecified atom stereocenters. The number of amides is 1. The second-order valence-electron chi connectivity index (χ2n) is 9.40. The molecule has 0 saturated carbocycles. The number of rotatable bonds is 9. The Labute approximate surface area is 217 Å². The van der Waals surface area contributed by atoms with Crippen molar-refractivity contribution in [3.63, 3.8) is 0 Å². The molecule has 37 heavy (non-hydrogen) atoms. The highest BCUT2D eigenvalue weighted by Gasteiger charge is 2.18. The summed E-state index contributed by atoms with van der Waals surface area (Å²) in [5.41, 5.74) is 6.30. The predicted octanol–water partition coefficient (Wildman–Crippen LogP) is 4.68. The zero-order valence-electron chi connectivity index (χ0n) is 21.1. The summed E-state index contributed by atoms with van der Waals surface area (Å²) in [6, 6.07) is 20.2. The fraction of sp³-hybridized carbons (Fsp3) is 0.241. The number of hydrogen-bond acceptors (Lipinski definition) is 7. The molecule has 2 aromatic heterocycles. The minimum absolute atomic E-state index is 0.476. The highest BCUT2D eigenvalue weighted by atomic mass is 16.1. The summed E-state index contributed by atoms with van der Waals surface area (Å²) >= 11 is 0. The fourth-order valence-electron chi connectivity index (χ4n) is 4.52. The van der Waals surface area contributed by atoms with E-state index in [9.17, 15) is 4.79 Å². The minimum Gasteiger partial charge on any atom is -0.324 e. The van der Waals surface area contributed by atoms with Crippen LogP contribution in [0.25, 0.3) is 11.3 Å². The Morgan fingerprint density at radius 2 is 1.92 bits per heavy atom. The molecule has 188 valence electrons. The van der Waals surface area contributed by atoms with Crippen LogP contribution in [0.2, 0.25) is 0 Å². The summed E-state index contributed by atoms with van der Waals surface area (Å²) in [6.45, 7) is 5.04. The van der Waals surface area contributed by atoms with Crippen LogP contribution in [0.5, 0.6) is 0 Å². The van der Waals surface area contributed by atoms with Gasteiger partial charge < -0.3 is 15.5 Å². The van der Waals surface area contributed by atoms with Crippen molar-refractivity contribution < 1.29 is 4.79 Å². The maximum Gasteiger partial charge on any atom is 0.227 e. The Morgan fingerprint density at radius 1 is 1.08 bits per heavy atom. The van der Waals surface area contributed by atoms with E-state index in [1.54, 1.807) is 23.5 Å². The Morgan fingerprint density at radius 3 is 2.65 bits per heavy atom. The highest BCUT2D eigenvalue weighted by molar-refractivity contribution is 5.88. The molecule has 4 aromatic rings. The Kier molecular flexibility index (Phi) is 7.49. The van der Waals surface area contributed by atoms with Crippen LogP contribution in [0.1, 0.15) is 17.5 Å². The molecule has 1 atom stereocenters. The average molecular weight is 494 g/mol. The number of pyridine rings is 1. The number of nitrogens with zero attached hydrogens (tertiary/aromatic N) is 5. The Balaban J connectivity index is 1.31. The van der Waals surface area contributed by atoms with E-state index in [1.165, 1.54) is 12.0 Å². The molecule has 2 aromatic carbocycles. The van der Waals surface area contributed by atoms with E-state index in [0.29, 0.717) is 12.0 Å². The third-order valence-electron chi connectivity index (χ3n) is 6.66. The summed E-state index contributed by atoms with van der Waals surface area (Å²) in [5.74, 6) is 0.476. The number of nitrogens with one attached hydrogen (secondary N) is 2. The maximum atomic E-state index is 12.1. The van der Waals surface area contributed by atoms with Crippen molar-refractivity contribution in [1.82, 2.24) is 25.2 Å². The van der Waals surface area contributed by atoms with E-state index in [1.807, 2.05) is 55.5 Å². The largest absolute Gasteiger partial charge is 0.324 e. The van der Waals surface area contributed by atoms with Gasteiger partial charge in [-0.15, -0.1) is 0 Å². The van der Waals surface area contributed by atoms with Gasteiger partial charge in [0.05, 0.1) is 11.4 Å². The molecule has 2 N–H and O–H groups in total. The quantitative estimate of drug-likeness (QED) is 0.328. The first kappa shape index (κ1) is 24.5. The van der Waals surface area contributed by atoms with E-state index >= 15 is 0 Å². The number of likely N-dealkylation sites (tertiary alicyclic amines) is 1. The van der Waals surface area contributed by atoms with Crippen molar-refractivity contribution in [2.24, 2.45) is 0 Å². The Hall–Kier alpha value is -4.14. The van der Waals surface area contributed by atoms with Crippen molar-refractivity contribution >= 4 is 29.4 Å². The molecule has 1 amide bonds. The third kappa shape index (κ3) is 5.99. The summed E-state index contributed by atoms with van der Waals surface area (Å²) in [5, 5.41) is 6.94. The number of hydrogen-bond donors (Lipinski definition) is 2. The zero-order chi connectivity index (χ0) is 25.6. The lowest BCUT2D eigenvalue weighted by molar-refractivity contribution is -0.106. The smallest absolute Gasteiger partial charge is 0.227 e. The van der Waals surface area contributed by atoms with Crippen LogP contribution in [0, 0.1) is 6.92 Å². The van der Waals surface area contributed by atoms with Crippen molar-refractivity contribution in [1.29, 1.82) is 0 Å². The lowest BCUT2D eigenvalue weighted by atomic mass is 10.1. The molecule has 8 nitrogen and oxygen atoms in total. The summed E-state index contributed by atoms with van der Waals surface area (Å²) in [4.78, 5) is 29.3. The van der Waals surface area contributed by atoms with Crippen LogP contribution >= 0.6 is 0 Å². The summed E-state index contributed by atoms with van der Waals surface area (Å²) in [7, 11) is 2.16. The monoisotopic (exact) mass is 493 g/mol. The van der Waals surface area contributed by atoms with Gasteiger partial charge in [0.2, 0.25) is 12.4 Å². The fourth-order valence-corrected chi connectivity index (χ4v) is 4.52. The molecular weight excluding hydrogens is 462 g/mol. The van der Waals surface area contributed by atoms with Crippen LogP contribution < -0.4 is 15.5 Å². The first-order chi connectivity index (χ1) is 18.1. The number of carbonyl (C=O) groups is 1. The molecule has 1 aliphatic rings. The topological polar surface area (TPSA) is 86.3 Å². The number of likely N-dealkylation sites (N-methyl/N-ethyl adjacent to an activating group) is 1. The lowest BCUT2D eigenvalue weighted by Gasteiger charge is -2.20. The summed E-state index contributed by atoms with van der Waals surface area (Å²) in [6.07, 6.45) is 7.24. The van der Waals surface area contributed by atoms with Crippen LogP contribution in [0.15, 0.2) is 79.3 Å². The van der Waals surface area contributed by atoms with Gasteiger partial charge in [-0.25, -0.2) is 9.97 Å². The van der Waals surface area contributed by atoms with E-state index in [2.05, 4.69) is 49.7 Å². The van der Waals surface area contributed by atoms with Crippen LogP contribution in [-0.2, 0) is 11.3 Å². The summed E-state index contributed by atoms with van der Waals surface area (Å²) < 4.78 is 0. The lowest BCUT2D eigenvalue weighted by Crippen LogP contribution is -2.30. The van der Waals surface area contributed by atoms with Gasteiger partial charge in [0.15, 0.2) is 0 Å². The van der Waals surface area contributed by atoms with Gasteiger partial charge >= 0.3 is 0 Å². The van der Waals surface area contributed by atoms with Crippen molar-refractivity contribution in [3.8, 4) is 11.3 Å². The molecule has 8 heteroatoms. The molecule has 0 aliphatic carbocycles. The number of anilines is 4. The standard InChI is InChI=1S/C29H31N7O/c1-21-5-8-26(16-28(21)34-29-31-14-11-27(33-29)23-4-3-13-30-18-23)36(20-37)25-9-6-22(7-10-25)17-32-24-12-15-35(2)19-24/h3-11,13-14,16,18,20,24,32H,12,15,17,19H2,1-2H3,(H,31,33,34). The molecule has 1 fully saturated rings. The molecule has 3 heterocycles. The highest BCUT2D eigenvalue weighted by Crippen LogP contribution is 2.30. The van der Waals surface area contributed by atoms with Crippen molar-refractivity contribution in [2.45, 2.75) is 25.9 Å². The SMILES string of the molecule is Cc1ccc(N(C=O)c2ccc(CNC3CCN(C)C3)cc2)cc1Nc1nccc(-c2cccnc2)n1. The second kappa shape index (κ2) is 11.3. The maximum absolute atomic E-state index is 12.1. The Bertz CT molecular complexity index is 1340. The van der Waals surface area contributed by atoms with Gasteiger partial charge in [0.25, 0.3) is 0 Å². The minimum atomic E-state index is 0.476. The molecular formula is C29H31N7O. The zero-order valence-corrected chi connectivity index (χ0v) is 21.1. The number of aromatic nitrogens is 3. The van der Waals surface area contributed by atoms with Crippen molar-refractivity contribution in [3.05, 3.63) is 90.4 Å². The van der Waals surface area contributed by atoms with Crippen LogP contribution in [0.3, 0.4) is 0 Å². The van der Waals surface area contributed by atoms with E-state index < -0.39 is 0 Å². The van der Waals surface area contributed by atoms with Crippen LogP contribution in [-0.4, -0.2) is 52.4 Å². The molecule has 1 saturated heterocycles. The number of carbonyl (C=O) groups excluding carboxylic acids is 1. The third-order valence-corrected chi connectivity index (χ3v) is 6.66. The van der Waals surface area contributed by atoms with Gasteiger partial charge in [-0.2, -0.15) is 0 Å². The normalized spacial score (nSPS) is 15.5. The predicted molar refractivity (Wildman–Crippen MR) is 147 cm³/mol. The van der Waals surface area contributed by atoms with Crippen LogP contribution in [0.4, 0.5) is 23.0 Å². The van der Waals surface area contributed by atoms with Gasteiger partial charge in [-0.3, -0.25) is 14.7 Å². The first-order valence-electron chi connectivity index (χ1n) is 12.5. The van der Waals surface area contributed by atoms with Gasteiger partial charge in [0, 0.05) is 54.7 Å². The van der Waals surface area contributed by atoms with E-state index in [-0.39, 0.29) is 0 Å². The first-order valence-corrected chi connectivity index (χ1v) is 12.5. The number of benzene rings is 2. The molecule has 0 bridgehead atoms. The molecule has 1 aliphatic heterocycles. The molecule has 0 spiro atoms. The van der Waals surface area contributed by atoms with Gasteiger partial charge in [-0.1, -0.05) is 18.2 Å². The molecule has 5 rings (SSSR count). The van der Waals surface area contributed by atoms with Gasteiger partial charge in [0.1, 0.15) is 0 Å². The number of aryl methyl sites for hydroxylation is 1. The van der Waals surface area contributed by atoms with Gasteiger partial charge in [-0.05, 0) is 80.5 Å². The van der Waals surface area contributed by atoms with Crippen molar-refractivity contribution in [2.75, 3.05) is 30.4 Å². The molecule has 0 radical (unpaired) electrons. The van der Waals surface area contributed by atoms with E-state index in [0.717, 1.165) is 59.9 Å². The second-order valence-corrected chi connectivity index (χ2v) is 9.40. The average Bonchev–Trinajstić information content (AvgIpc) is 3.36.